The summed E-state index contributed by atoms with van der Waals surface area (Å²) < 4.78 is 9.90. The Labute approximate surface area is 102 Å². The van der Waals surface area contributed by atoms with Gasteiger partial charge in [0.05, 0.1) is 13.7 Å². The molecule has 0 saturated heterocycles. The number of benzene rings is 1. The highest BCUT2D eigenvalue weighted by atomic mass is 16.5. The first-order chi connectivity index (χ1) is 8.26. The van der Waals surface area contributed by atoms with Gasteiger partial charge in [-0.05, 0) is 24.1 Å². The summed E-state index contributed by atoms with van der Waals surface area (Å²) in [5, 5.41) is 2.84. The summed E-state index contributed by atoms with van der Waals surface area (Å²) >= 11 is 0. The molecule has 0 bridgehead atoms. The maximum absolute atomic E-state index is 11.3. The van der Waals surface area contributed by atoms with Gasteiger partial charge < -0.3 is 14.8 Å². The SMILES string of the molecule is COCCC(=O)NCCc1ccc(OC)cc1. The highest BCUT2D eigenvalue weighted by molar-refractivity contribution is 5.75. The van der Waals surface area contributed by atoms with Gasteiger partial charge in [-0.25, -0.2) is 0 Å². The monoisotopic (exact) mass is 237 g/mol. The van der Waals surface area contributed by atoms with Crippen LogP contribution < -0.4 is 10.1 Å². The van der Waals surface area contributed by atoms with Crippen LogP contribution in [0.2, 0.25) is 0 Å². The van der Waals surface area contributed by atoms with Crippen LogP contribution in [0.5, 0.6) is 5.75 Å². The highest BCUT2D eigenvalue weighted by Crippen LogP contribution is 2.11. The quantitative estimate of drug-likeness (QED) is 0.779. The number of carbonyl (C=O) groups excluding carboxylic acids is 1. The molecule has 4 nitrogen and oxygen atoms in total. The number of carbonyl (C=O) groups is 1. The Bertz CT molecular complexity index is 335. The van der Waals surface area contributed by atoms with Crippen LogP contribution in [-0.4, -0.2) is 33.3 Å². The first-order valence-corrected chi connectivity index (χ1v) is 5.65. The lowest BCUT2D eigenvalue weighted by molar-refractivity contribution is -0.121. The van der Waals surface area contributed by atoms with Crippen molar-refractivity contribution in [1.82, 2.24) is 5.32 Å². The number of methoxy groups -OCH3 is 2. The van der Waals surface area contributed by atoms with Gasteiger partial charge in [0.15, 0.2) is 0 Å². The maximum Gasteiger partial charge on any atom is 0.222 e. The van der Waals surface area contributed by atoms with Crippen LogP contribution >= 0.6 is 0 Å². The third kappa shape index (κ3) is 5.36. The number of rotatable bonds is 7. The number of ether oxygens (including phenoxy) is 2. The molecule has 1 N–H and O–H groups in total. The number of nitrogens with one attached hydrogen (secondary N) is 1. The molecule has 0 atom stereocenters. The second kappa shape index (κ2) is 7.68. The second-order valence-corrected chi connectivity index (χ2v) is 3.69. The molecule has 1 aromatic rings. The number of hydrogen-bond donors (Lipinski definition) is 1. The third-order valence-corrected chi connectivity index (χ3v) is 2.43. The molecule has 0 unspecified atom stereocenters. The Morgan fingerprint density at radius 3 is 2.53 bits per heavy atom. The van der Waals surface area contributed by atoms with E-state index in [1.165, 1.54) is 5.56 Å². The summed E-state index contributed by atoms with van der Waals surface area (Å²) in [5.41, 5.74) is 1.18. The van der Waals surface area contributed by atoms with Crippen LogP contribution in [0.25, 0.3) is 0 Å². The minimum Gasteiger partial charge on any atom is -0.497 e. The van der Waals surface area contributed by atoms with Crippen LogP contribution in [-0.2, 0) is 16.0 Å². The van der Waals surface area contributed by atoms with Crippen LogP contribution in [0.1, 0.15) is 12.0 Å². The largest absolute Gasteiger partial charge is 0.497 e. The van der Waals surface area contributed by atoms with Crippen LogP contribution in [0.15, 0.2) is 24.3 Å². The van der Waals surface area contributed by atoms with E-state index in [2.05, 4.69) is 5.32 Å². The van der Waals surface area contributed by atoms with Crippen molar-refractivity contribution in [3.05, 3.63) is 29.8 Å². The lowest BCUT2D eigenvalue weighted by Crippen LogP contribution is -2.26. The Morgan fingerprint density at radius 1 is 1.24 bits per heavy atom. The lowest BCUT2D eigenvalue weighted by atomic mass is 10.1. The van der Waals surface area contributed by atoms with Gasteiger partial charge in [0.1, 0.15) is 5.75 Å². The van der Waals surface area contributed by atoms with Gasteiger partial charge in [-0.15, -0.1) is 0 Å². The van der Waals surface area contributed by atoms with E-state index in [0.29, 0.717) is 19.6 Å². The Kier molecular flexibility index (Phi) is 6.10. The number of amides is 1. The van der Waals surface area contributed by atoms with E-state index in [-0.39, 0.29) is 5.91 Å². The molecule has 17 heavy (non-hydrogen) atoms. The molecule has 0 aliphatic carbocycles. The molecule has 0 spiro atoms. The molecule has 0 aliphatic rings. The molecule has 1 amide bonds. The van der Waals surface area contributed by atoms with E-state index in [1.807, 2.05) is 24.3 Å². The molecule has 0 fully saturated rings. The summed E-state index contributed by atoms with van der Waals surface area (Å²) in [7, 11) is 3.23. The van der Waals surface area contributed by atoms with Crippen molar-refractivity contribution in [2.24, 2.45) is 0 Å². The van der Waals surface area contributed by atoms with Crippen molar-refractivity contribution in [2.75, 3.05) is 27.4 Å². The van der Waals surface area contributed by atoms with E-state index in [1.54, 1.807) is 14.2 Å². The van der Waals surface area contributed by atoms with E-state index in [9.17, 15) is 4.79 Å². The van der Waals surface area contributed by atoms with Crippen LogP contribution in [0.4, 0.5) is 0 Å². The molecule has 0 heterocycles. The molecule has 0 aliphatic heterocycles. The third-order valence-electron chi connectivity index (χ3n) is 2.43. The van der Waals surface area contributed by atoms with Crippen LogP contribution in [0, 0.1) is 0 Å². The molecule has 0 radical (unpaired) electrons. The molecule has 0 aromatic heterocycles. The highest BCUT2D eigenvalue weighted by Gasteiger charge is 2.00. The average molecular weight is 237 g/mol. The Morgan fingerprint density at radius 2 is 1.94 bits per heavy atom. The summed E-state index contributed by atoms with van der Waals surface area (Å²) in [6.45, 7) is 1.11. The van der Waals surface area contributed by atoms with Gasteiger partial charge in [0, 0.05) is 20.1 Å². The second-order valence-electron chi connectivity index (χ2n) is 3.69. The first kappa shape index (κ1) is 13.5. The fourth-order valence-corrected chi connectivity index (χ4v) is 1.42. The zero-order valence-electron chi connectivity index (χ0n) is 10.4. The van der Waals surface area contributed by atoms with Crippen molar-refractivity contribution in [2.45, 2.75) is 12.8 Å². The normalized spacial score (nSPS) is 10.0. The Balaban J connectivity index is 2.23. The maximum atomic E-state index is 11.3. The molecule has 0 saturated carbocycles. The topological polar surface area (TPSA) is 47.6 Å². The zero-order chi connectivity index (χ0) is 12.5. The minimum atomic E-state index is 0.0281. The van der Waals surface area contributed by atoms with Crippen LogP contribution in [0.3, 0.4) is 0 Å². The predicted molar refractivity (Wildman–Crippen MR) is 66.2 cm³/mol. The standard InChI is InChI=1S/C13H19NO3/c1-16-10-8-13(15)14-9-7-11-3-5-12(17-2)6-4-11/h3-6H,7-10H2,1-2H3,(H,14,15). The zero-order valence-corrected chi connectivity index (χ0v) is 10.4. The summed E-state index contributed by atoms with van der Waals surface area (Å²) in [6, 6.07) is 7.84. The van der Waals surface area contributed by atoms with E-state index in [0.717, 1.165) is 12.2 Å². The van der Waals surface area contributed by atoms with Crippen molar-refractivity contribution in [3.63, 3.8) is 0 Å². The molecular formula is C13H19NO3. The van der Waals surface area contributed by atoms with E-state index < -0.39 is 0 Å². The van der Waals surface area contributed by atoms with Gasteiger partial charge in [-0.2, -0.15) is 0 Å². The smallest absolute Gasteiger partial charge is 0.222 e. The van der Waals surface area contributed by atoms with Gasteiger partial charge in [-0.3, -0.25) is 4.79 Å². The van der Waals surface area contributed by atoms with Crippen molar-refractivity contribution in [3.8, 4) is 5.75 Å². The molecule has 4 heteroatoms. The molecular weight excluding hydrogens is 218 g/mol. The minimum absolute atomic E-state index is 0.0281. The molecule has 94 valence electrons. The van der Waals surface area contributed by atoms with Crippen molar-refractivity contribution >= 4 is 5.91 Å². The van der Waals surface area contributed by atoms with Gasteiger partial charge in [0.25, 0.3) is 0 Å². The van der Waals surface area contributed by atoms with E-state index in [4.69, 9.17) is 9.47 Å². The van der Waals surface area contributed by atoms with E-state index >= 15 is 0 Å². The predicted octanol–water partition coefficient (Wildman–Crippen LogP) is 1.39. The van der Waals surface area contributed by atoms with Gasteiger partial charge in [-0.1, -0.05) is 12.1 Å². The Hall–Kier alpha value is -1.55. The molecule has 1 aromatic carbocycles. The summed E-state index contributed by atoms with van der Waals surface area (Å²) in [4.78, 5) is 11.3. The number of hydrogen-bond acceptors (Lipinski definition) is 3. The fourth-order valence-electron chi connectivity index (χ4n) is 1.42. The van der Waals surface area contributed by atoms with Crippen molar-refractivity contribution in [1.29, 1.82) is 0 Å². The average Bonchev–Trinajstić information content (AvgIpc) is 2.37. The summed E-state index contributed by atoms with van der Waals surface area (Å²) in [6.07, 6.45) is 1.24. The lowest BCUT2D eigenvalue weighted by Gasteiger charge is -2.05. The molecule has 1 rings (SSSR count). The van der Waals surface area contributed by atoms with Crippen molar-refractivity contribution < 1.29 is 14.3 Å². The fraction of sp³-hybridized carbons (Fsp3) is 0.462. The first-order valence-electron chi connectivity index (χ1n) is 5.65. The summed E-state index contributed by atoms with van der Waals surface area (Å²) in [5.74, 6) is 0.873. The van der Waals surface area contributed by atoms with Gasteiger partial charge >= 0.3 is 0 Å². The van der Waals surface area contributed by atoms with Gasteiger partial charge in [0.2, 0.25) is 5.91 Å².